The zero-order chi connectivity index (χ0) is 25.6. The molecule has 4 aromatic rings. The number of carbonyl (C=O) groups is 1. The molecular weight excluding hydrogens is 480 g/mol. The van der Waals surface area contributed by atoms with Gasteiger partial charge in [-0.3, -0.25) is 4.79 Å². The van der Waals surface area contributed by atoms with Crippen molar-refractivity contribution < 1.29 is 13.2 Å². The molecule has 3 aromatic heterocycles. The number of amides is 1. The number of fused-ring (bicyclic) bond motifs is 2. The van der Waals surface area contributed by atoms with Crippen molar-refractivity contribution >= 4 is 44.1 Å². The predicted octanol–water partition coefficient (Wildman–Crippen LogP) is 2.23. The Morgan fingerprint density at radius 2 is 1.83 bits per heavy atom. The molecule has 1 saturated heterocycles. The van der Waals surface area contributed by atoms with Gasteiger partial charge in [0, 0.05) is 56.4 Å². The second kappa shape index (κ2) is 9.01. The minimum absolute atomic E-state index is 0.0703. The molecule has 5 rings (SSSR count). The molecule has 0 radical (unpaired) electrons. The van der Waals surface area contributed by atoms with Crippen molar-refractivity contribution in [3.05, 3.63) is 47.7 Å². The molecule has 0 unspecified atom stereocenters. The Kier molecular flexibility index (Phi) is 5.99. The van der Waals surface area contributed by atoms with E-state index in [1.807, 2.05) is 36.9 Å². The Balaban J connectivity index is 1.57. The number of piperazine rings is 1. The average Bonchev–Trinajstić information content (AvgIpc) is 3.32. The number of aromatic nitrogens is 5. The van der Waals surface area contributed by atoms with Crippen molar-refractivity contribution in [3.8, 4) is 0 Å². The first-order valence-electron chi connectivity index (χ1n) is 11.7. The van der Waals surface area contributed by atoms with E-state index in [1.165, 1.54) is 4.52 Å². The summed E-state index contributed by atoms with van der Waals surface area (Å²) < 4.78 is 25.9. The van der Waals surface area contributed by atoms with Crippen LogP contribution in [0.2, 0.25) is 0 Å². The summed E-state index contributed by atoms with van der Waals surface area (Å²) >= 11 is 0. The van der Waals surface area contributed by atoms with Crippen LogP contribution in [0.3, 0.4) is 0 Å². The van der Waals surface area contributed by atoms with Gasteiger partial charge in [0.05, 0.1) is 17.8 Å². The lowest BCUT2D eigenvalue weighted by atomic mass is 10.0. The van der Waals surface area contributed by atoms with E-state index in [0.29, 0.717) is 31.8 Å². The van der Waals surface area contributed by atoms with E-state index >= 15 is 0 Å². The molecule has 11 nitrogen and oxygen atoms in total. The summed E-state index contributed by atoms with van der Waals surface area (Å²) in [4.78, 5) is 29.3. The highest BCUT2D eigenvalue weighted by Gasteiger charge is 2.25. The third kappa shape index (κ3) is 4.43. The van der Waals surface area contributed by atoms with E-state index < -0.39 is 9.84 Å². The molecule has 1 atom stereocenters. The number of nitrogens with zero attached hydrogens (tertiary/aromatic N) is 7. The fourth-order valence-electron chi connectivity index (χ4n) is 4.49. The largest absolute Gasteiger partial charge is 0.353 e. The number of benzene rings is 1. The van der Waals surface area contributed by atoms with Crippen molar-refractivity contribution in [2.24, 2.45) is 0 Å². The number of rotatable bonds is 5. The lowest BCUT2D eigenvalue weighted by Crippen LogP contribution is -2.48. The molecule has 36 heavy (non-hydrogen) atoms. The molecule has 0 saturated carbocycles. The first-order valence-corrected chi connectivity index (χ1v) is 13.6. The zero-order valence-electron chi connectivity index (χ0n) is 20.6. The molecule has 12 heteroatoms. The Bertz CT molecular complexity index is 1580. The highest BCUT2D eigenvalue weighted by molar-refractivity contribution is 7.90. The summed E-state index contributed by atoms with van der Waals surface area (Å²) in [5, 5.41) is 8.34. The van der Waals surface area contributed by atoms with Crippen LogP contribution in [0.4, 0.5) is 11.8 Å². The van der Waals surface area contributed by atoms with Crippen LogP contribution in [-0.2, 0) is 14.6 Å². The van der Waals surface area contributed by atoms with Gasteiger partial charge in [0.2, 0.25) is 21.7 Å². The molecule has 0 aliphatic carbocycles. The fraction of sp³-hybridized carbons (Fsp3) is 0.375. The number of sulfone groups is 1. The van der Waals surface area contributed by atoms with Crippen LogP contribution in [0.1, 0.15) is 31.0 Å². The van der Waals surface area contributed by atoms with Gasteiger partial charge in [0.25, 0.3) is 5.16 Å². The Hall–Kier alpha value is -3.80. The SMILES string of the molecule is CC(=O)N1CCN(c2nc3c(C)cccc3cc2[C@H](C)Nc2nc(S(C)(=O)=O)nc3ccnn23)CC1. The molecule has 188 valence electrons. The van der Waals surface area contributed by atoms with E-state index in [0.717, 1.165) is 34.1 Å². The maximum atomic E-state index is 12.2. The van der Waals surface area contributed by atoms with E-state index in [-0.39, 0.29) is 23.1 Å². The highest BCUT2D eigenvalue weighted by atomic mass is 32.2. The van der Waals surface area contributed by atoms with Crippen LogP contribution in [0.15, 0.2) is 41.7 Å². The quantitative estimate of drug-likeness (QED) is 0.432. The molecule has 1 fully saturated rings. The molecule has 1 aliphatic heterocycles. The van der Waals surface area contributed by atoms with Crippen LogP contribution >= 0.6 is 0 Å². The number of carbonyl (C=O) groups excluding carboxylic acids is 1. The van der Waals surface area contributed by atoms with Crippen molar-refractivity contribution in [1.29, 1.82) is 0 Å². The maximum absolute atomic E-state index is 12.2. The van der Waals surface area contributed by atoms with Crippen LogP contribution in [0.5, 0.6) is 0 Å². The fourth-order valence-corrected chi connectivity index (χ4v) is 5.01. The van der Waals surface area contributed by atoms with E-state index in [1.54, 1.807) is 19.2 Å². The summed E-state index contributed by atoms with van der Waals surface area (Å²) in [6, 6.07) is 9.52. The molecule has 1 N–H and O–H groups in total. The van der Waals surface area contributed by atoms with Gasteiger partial charge in [-0.2, -0.15) is 19.6 Å². The molecular formula is C24H28N8O3S. The molecule has 1 aromatic carbocycles. The third-order valence-electron chi connectivity index (χ3n) is 6.46. The van der Waals surface area contributed by atoms with Crippen LogP contribution in [-0.4, -0.2) is 76.2 Å². The Labute approximate surface area is 209 Å². The van der Waals surface area contributed by atoms with Gasteiger partial charge in [-0.25, -0.2) is 13.4 Å². The van der Waals surface area contributed by atoms with Gasteiger partial charge in [-0.1, -0.05) is 18.2 Å². The van der Waals surface area contributed by atoms with E-state index in [2.05, 4.69) is 31.3 Å². The number of aryl methyl sites for hydroxylation is 1. The molecule has 1 aliphatic rings. The number of pyridine rings is 1. The molecule has 4 heterocycles. The van der Waals surface area contributed by atoms with Crippen molar-refractivity contribution in [2.45, 2.75) is 32.0 Å². The number of nitrogens with one attached hydrogen (secondary N) is 1. The summed E-state index contributed by atoms with van der Waals surface area (Å²) in [7, 11) is -3.62. The summed E-state index contributed by atoms with van der Waals surface area (Å²) in [5.74, 6) is 1.17. The number of hydrogen-bond donors (Lipinski definition) is 1. The maximum Gasteiger partial charge on any atom is 0.252 e. The van der Waals surface area contributed by atoms with Crippen molar-refractivity contribution in [2.75, 3.05) is 42.7 Å². The van der Waals surface area contributed by atoms with E-state index in [4.69, 9.17) is 4.98 Å². The molecule has 1 amide bonds. The Morgan fingerprint density at radius 1 is 1.08 bits per heavy atom. The van der Waals surface area contributed by atoms with Gasteiger partial charge in [-0.05, 0) is 25.5 Å². The van der Waals surface area contributed by atoms with Gasteiger partial charge in [-0.15, -0.1) is 0 Å². The number of hydrogen-bond acceptors (Lipinski definition) is 9. The number of anilines is 2. The topological polar surface area (TPSA) is 126 Å². The minimum Gasteiger partial charge on any atom is -0.353 e. The third-order valence-corrected chi connectivity index (χ3v) is 7.31. The van der Waals surface area contributed by atoms with Crippen molar-refractivity contribution in [1.82, 2.24) is 29.5 Å². The van der Waals surface area contributed by atoms with Gasteiger partial charge in [0.15, 0.2) is 5.65 Å². The van der Waals surface area contributed by atoms with Crippen LogP contribution in [0.25, 0.3) is 16.6 Å². The first kappa shape index (κ1) is 23.9. The summed E-state index contributed by atoms with van der Waals surface area (Å²) in [6.45, 7) is 8.19. The first-order chi connectivity index (χ1) is 17.1. The second-order valence-electron chi connectivity index (χ2n) is 9.11. The summed E-state index contributed by atoms with van der Waals surface area (Å²) in [5.41, 5.74) is 3.32. The summed E-state index contributed by atoms with van der Waals surface area (Å²) in [6.07, 6.45) is 2.63. The van der Waals surface area contributed by atoms with Crippen LogP contribution < -0.4 is 10.2 Å². The van der Waals surface area contributed by atoms with Gasteiger partial charge >= 0.3 is 0 Å². The molecule has 0 bridgehead atoms. The predicted molar refractivity (Wildman–Crippen MR) is 137 cm³/mol. The normalized spacial score (nSPS) is 15.4. The number of para-hydroxylation sites is 1. The van der Waals surface area contributed by atoms with Crippen LogP contribution in [0, 0.1) is 6.92 Å². The Morgan fingerprint density at radius 3 is 2.53 bits per heavy atom. The smallest absolute Gasteiger partial charge is 0.252 e. The highest BCUT2D eigenvalue weighted by Crippen LogP contribution is 2.32. The van der Waals surface area contributed by atoms with Gasteiger partial charge < -0.3 is 15.1 Å². The average molecular weight is 509 g/mol. The second-order valence-corrected chi connectivity index (χ2v) is 11.0. The van der Waals surface area contributed by atoms with Crippen molar-refractivity contribution in [3.63, 3.8) is 0 Å². The minimum atomic E-state index is -3.62. The lowest BCUT2D eigenvalue weighted by molar-refractivity contribution is -0.129. The zero-order valence-corrected chi connectivity index (χ0v) is 21.4. The lowest BCUT2D eigenvalue weighted by Gasteiger charge is -2.36. The van der Waals surface area contributed by atoms with Gasteiger partial charge in [0.1, 0.15) is 5.82 Å². The molecule has 0 spiro atoms. The standard InChI is InChI=1S/C24H28N8O3S/c1-15-6-5-7-18-14-19(22(28-21(15)18)31-12-10-30(11-13-31)17(3)33)16(2)26-23-29-24(36(4,34)35)27-20-8-9-25-32(20)23/h5-9,14,16H,10-13H2,1-4H3,(H,26,27,29)/t16-/m0/s1. The monoisotopic (exact) mass is 508 g/mol. The van der Waals surface area contributed by atoms with E-state index in [9.17, 15) is 13.2 Å².